The molecule has 0 radical (unpaired) electrons. The Kier molecular flexibility index (Phi) is 7.92. The second-order valence-corrected chi connectivity index (χ2v) is 10.2. The molecule has 1 atom stereocenters. The second kappa shape index (κ2) is 11.1. The molecule has 1 unspecified atom stereocenters. The molecule has 2 aliphatic rings. The van der Waals surface area contributed by atoms with Gasteiger partial charge in [0.1, 0.15) is 11.9 Å². The van der Waals surface area contributed by atoms with Crippen LogP contribution in [0.4, 0.5) is 0 Å². The van der Waals surface area contributed by atoms with Crippen molar-refractivity contribution >= 4 is 46.6 Å². The van der Waals surface area contributed by atoms with Crippen LogP contribution < -0.4 is 4.74 Å². The van der Waals surface area contributed by atoms with E-state index in [1.807, 2.05) is 24.3 Å². The van der Waals surface area contributed by atoms with E-state index in [9.17, 15) is 19.5 Å². The van der Waals surface area contributed by atoms with Crippen LogP contribution in [0.3, 0.4) is 0 Å². The Morgan fingerprint density at radius 2 is 1.80 bits per heavy atom. The number of hydrogen-bond acceptors (Lipinski definition) is 6. The van der Waals surface area contributed by atoms with Gasteiger partial charge in [-0.25, -0.2) is 0 Å². The number of thiophene rings is 1. The molecule has 186 valence electrons. The maximum atomic E-state index is 13.2. The van der Waals surface area contributed by atoms with Crippen molar-refractivity contribution in [3.63, 3.8) is 0 Å². The number of carbonyl (C=O) groups excluding carboxylic acids is 2. The number of piperazine rings is 1. The minimum atomic E-state index is -1.15. The fraction of sp³-hybridized carbons (Fsp3) is 0.417. The van der Waals surface area contributed by atoms with Crippen LogP contribution in [-0.2, 0) is 20.9 Å². The molecule has 3 heterocycles. The van der Waals surface area contributed by atoms with Crippen LogP contribution in [0.5, 0.6) is 5.06 Å². The van der Waals surface area contributed by atoms with E-state index in [0.29, 0.717) is 21.8 Å². The standard InChI is InChI=1S/C24H27ClN4O5S/c25-19-7-8-22(35-19)34-15-20(30)29-12-11-28(24(33)18(29)13-21(31)32)14-16-3-5-17(6-4-16)23(26)27-9-1-2-10-27/h3-8,18,26H,1-2,9-15H2,(H,31,32). The number of amidine groups is 1. The molecule has 1 aromatic heterocycles. The largest absolute Gasteiger partial charge is 0.481 e. The number of ether oxygens (including phenoxy) is 1. The van der Waals surface area contributed by atoms with Crippen molar-refractivity contribution in [3.8, 4) is 5.06 Å². The molecule has 1 aromatic carbocycles. The topological polar surface area (TPSA) is 114 Å². The van der Waals surface area contributed by atoms with E-state index in [1.165, 1.54) is 16.2 Å². The molecule has 35 heavy (non-hydrogen) atoms. The molecule has 0 spiro atoms. The Balaban J connectivity index is 1.39. The molecule has 0 saturated carbocycles. The monoisotopic (exact) mass is 518 g/mol. The lowest BCUT2D eigenvalue weighted by Gasteiger charge is -2.40. The number of halogens is 1. The van der Waals surface area contributed by atoms with Crippen molar-refractivity contribution in [3.05, 3.63) is 51.9 Å². The number of likely N-dealkylation sites (tertiary alicyclic amines) is 1. The van der Waals surface area contributed by atoms with E-state index >= 15 is 0 Å². The zero-order chi connectivity index (χ0) is 24.9. The highest BCUT2D eigenvalue weighted by Gasteiger charge is 2.38. The third-order valence-electron chi connectivity index (χ3n) is 6.18. The Labute approximate surface area is 212 Å². The summed E-state index contributed by atoms with van der Waals surface area (Å²) in [7, 11) is 0. The fourth-order valence-electron chi connectivity index (χ4n) is 4.36. The van der Waals surface area contributed by atoms with E-state index in [2.05, 4.69) is 4.90 Å². The predicted molar refractivity (Wildman–Crippen MR) is 132 cm³/mol. The summed E-state index contributed by atoms with van der Waals surface area (Å²) in [6, 6.07) is 9.74. The molecular weight excluding hydrogens is 492 g/mol. The first-order valence-corrected chi connectivity index (χ1v) is 12.6. The zero-order valence-corrected chi connectivity index (χ0v) is 20.7. The molecule has 0 bridgehead atoms. The molecule has 4 rings (SSSR count). The highest BCUT2D eigenvalue weighted by atomic mass is 35.5. The van der Waals surface area contributed by atoms with Gasteiger partial charge in [-0.05, 0) is 30.5 Å². The van der Waals surface area contributed by atoms with E-state index in [4.69, 9.17) is 21.7 Å². The lowest BCUT2D eigenvalue weighted by atomic mass is 10.1. The molecule has 11 heteroatoms. The number of carboxylic acid groups (broad SMARTS) is 1. The molecule has 2 N–H and O–H groups in total. The average molecular weight is 519 g/mol. The number of carboxylic acids is 1. The summed E-state index contributed by atoms with van der Waals surface area (Å²) in [5.41, 5.74) is 1.70. The molecular formula is C24H27ClN4O5S. The Morgan fingerprint density at radius 3 is 2.43 bits per heavy atom. The van der Waals surface area contributed by atoms with Crippen LogP contribution in [0.2, 0.25) is 4.34 Å². The van der Waals surface area contributed by atoms with Gasteiger partial charge in [0.05, 0.1) is 10.8 Å². The Bertz CT molecular complexity index is 1100. The van der Waals surface area contributed by atoms with Crippen molar-refractivity contribution in [2.45, 2.75) is 31.8 Å². The molecule has 2 aliphatic heterocycles. The molecule has 2 aromatic rings. The highest BCUT2D eigenvalue weighted by Crippen LogP contribution is 2.28. The first-order chi connectivity index (χ1) is 16.8. The maximum absolute atomic E-state index is 13.2. The SMILES string of the molecule is N=C(c1ccc(CN2CCN(C(=O)COc3ccc(Cl)s3)C(CC(=O)O)C2=O)cc1)N1CCCC1. The number of carbonyl (C=O) groups is 3. The van der Waals surface area contributed by atoms with Crippen molar-refractivity contribution < 1.29 is 24.2 Å². The summed E-state index contributed by atoms with van der Waals surface area (Å²) in [6.07, 6.45) is 1.73. The minimum Gasteiger partial charge on any atom is -0.481 e. The van der Waals surface area contributed by atoms with Crippen molar-refractivity contribution in [1.82, 2.24) is 14.7 Å². The van der Waals surface area contributed by atoms with Crippen LogP contribution in [-0.4, -0.2) is 82.3 Å². The van der Waals surface area contributed by atoms with Crippen LogP contribution in [0, 0.1) is 5.41 Å². The number of amides is 2. The molecule has 0 aliphatic carbocycles. The van der Waals surface area contributed by atoms with E-state index < -0.39 is 30.2 Å². The predicted octanol–water partition coefficient (Wildman–Crippen LogP) is 2.92. The van der Waals surface area contributed by atoms with Crippen LogP contribution >= 0.6 is 22.9 Å². The van der Waals surface area contributed by atoms with Gasteiger partial charge >= 0.3 is 5.97 Å². The maximum Gasteiger partial charge on any atom is 0.305 e. The lowest BCUT2D eigenvalue weighted by Crippen LogP contribution is -2.59. The van der Waals surface area contributed by atoms with Crippen LogP contribution in [0.1, 0.15) is 30.4 Å². The zero-order valence-electron chi connectivity index (χ0n) is 19.1. The summed E-state index contributed by atoms with van der Waals surface area (Å²) < 4.78 is 6.00. The number of aliphatic carboxylic acids is 1. The van der Waals surface area contributed by atoms with Gasteiger partial charge in [0.25, 0.3) is 5.91 Å². The Morgan fingerprint density at radius 1 is 1.09 bits per heavy atom. The fourth-order valence-corrected chi connectivity index (χ4v) is 5.23. The van der Waals surface area contributed by atoms with Gasteiger partial charge in [0.15, 0.2) is 11.7 Å². The van der Waals surface area contributed by atoms with Gasteiger partial charge in [-0.15, -0.1) is 0 Å². The number of nitrogens with one attached hydrogen (secondary N) is 1. The average Bonchev–Trinajstić information content (AvgIpc) is 3.52. The highest BCUT2D eigenvalue weighted by molar-refractivity contribution is 7.17. The summed E-state index contributed by atoms with van der Waals surface area (Å²) in [5, 5.41) is 18.2. The molecule has 2 fully saturated rings. The van der Waals surface area contributed by atoms with Crippen molar-refractivity contribution in [1.29, 1.82) is 5.41 Å². The van der Waals surface area contributed by atoms with Crippen molar-refractivity contribution in [2.75, 3.05) is 32.8 Å². The van der Waals surface area contributed by atoms with E-state index in [1.54, 1.807) is 17.0 Å². The van der Waals surface area contributed by atoms with Gasteiger partial charge < -0.3 is 24.5 Å². The molecule has 9 nitrogen and oxygen atoms in total. The number of benzene rings is 1. The van der Waals surface area contributed by atoms with Crippen molar-refractivity contribution in [2.24, 2.45) is 0 Å². The summed E-state index contributed by atoms with van der Waals surface area (Å²) in [5.74, 6) is -1.50. The van der Waals surface area contributed by atoms with Gasteiger partial charge in [-0.3, -0.25) is 19.8 Å². The normalized spacial score (nSPS) is 18.1. The van der Waals surface area contributed by atoms with Crippen LogP contribution in [0.15, 0.2) is 36.4 Å². The Hall–Kier alpha value is -3.11. The first kappa shape index (κ1) is 25.0. The lowest BCUT2D eigenvalue weighted by molar-refractivity contribution is -0.156. The quantitative estimate of drug-likeness (QED) is 0.410. The number of hydrogen-bond donors (Lipinski definition) is 2. The van der Waals surface area contributed by atoms with E-state index in [-0.39, 0.29) is 19.7 Å². The van der Waals surface area contributed by atoms with Gasteiger partial charge in [0, 0.05) is 38.3 Å². The summed E-state index contributed by atoms with van der Waals surface area (Å²) in [4.78, 5) is 42.3. The smallest absolute Gasteiger partial charge is 0.305 e. The molecule has 2 amide bonds. The van der Waals surface area contributed by atoms with Gasteiger partial charge in [-0.1, -0.05) is 47.2 Å². The van der Waals surface area contributed by atoms with E-state index in [0.717, 1.165) is 37.1 Å². The summed E-state index contributed by atoms with van der Waals surface area (Å²) >= 11 is 7.06. The second-order valence-electron chi connectivity index (χ2n) is 8.55. The third-order valence-corrected chi connectivity index (χ3v) is 7.33. The third kappa shape index (κ3) is 6.12. The number of rotatable bonds is 8. The van der Waals surface area contributed by atoms with Gasteiger partial charge in [-0.2, -0.15) is 0 Å². The summed E-state index contributed by atoms with van der Waals surface area (Å²) in [6.45, 7) is 2.30. The van der Waals surface area contributed by atoms with Gasteiger partial charge in [0.2, 0.25) is 5.91 Å². The first-order valence-electron chi connectivity index (χ1n) is 11.4. The number of nitrogens with zero attached hydrogens (tertiary/aromatic N) is 3. The minimum absolute atomic E-state index is 0.217. The van der Waals surface area contributed by atoms with Crippen LogP contribution in [0.25, 0.3) is 0 Å². The molecule has 2 saturated heterocycles.